The maximum absolute atomic E-state index is 12.7. The Bertz CT molecular complexity index is 1060. The molecule has 7 nitrogen and oxygen atoms in total. The van der Waals surface area contributed by atoms with Crippen LogP contribution in [-0.2, 0) is 9.84 Å². The number of piperazine rings is 1. The van der Waals surface area contributed by atoms with Crippen LogP contribution in [0.5, 0.6) is 0 Å². The van der Waals surface area contributed by atoms with Crippen LogP contribution in [0.1, 0.15) is 17.0 Å². The molecule has 0 spiro atoms. The number of halogens is 1. The molecule has 2 aliphatic heterocycles. The van der Waals surface area contributed by atoms with E-state index in [0.717, 1.165) is 0 Å². The van der Waals surface area contributed by atoms with Gasteiger partial charge in [-0.05, 0) is 24.6 Å². The number of amides is 1. The van der Waals surface area contributed by atoms with Crippen LogP contribution in [-0.4, -0.2) is 67.9 Å². The quantitative estimate of drug-likeness (QED) is 0.743. The van der Waals surface area contributed by atoms with E-state index in [-0.39, 0.29) is 34.6 Å². The molecule has 3 heterocycles. The predicted octanol–water partition coefficient (Wildman–Crippen LogP) is 1.39. The van der Waals surface area contributed by atoms with Crippen molar-refractivity contribution in [2.45, 2.75) is 12.5 Å². The van der Waals surface area contributed by atoms with E-state index >= 15 is 0 Å². The predicted molar refractivity (Wildman–Crippen MR) is 102 cm³/mol. The van der Waals surface area contributed by atoms with Gasteiger partial charge in [-0.25, -0.2) is 8.42 Å². The molecule has 0 radical (unpaired) electrons. The Morgan fingerprint density at radius 2 is 1.89 bits per heavy atom. The van der Waals surface area contributed by atoms with Gasteiger partial charge in [0.05, 0.1) is 16.9 Å². The lowest BCUT2D eigenvalue weighted by Gasteiger charge is -2.37. The molecule has 1 aromatic heterocycles. The fraction of sp³-hybridized carbons (Fsp3) is 0.444. The summed E-state index contributed by atoms with van der Waals surface area (Å²) in [5, 5.41) is 0.769. The number of benzene rings is 1. The maximum atomic E-state index is 12.7. The highest BCUT2D eigenvalue weighted by Gasteiger charge is 2.34. The number of rotatable bonds is 2. The molecule has 1 aromatic carbocycles. The molecule has 0 bridgehead atoms. The number of carbonyl (C=O) groups excluding carboxylic acids is 1. The van der Waals surface area contributed by atoms with Crippen LogP contribution in [0.4, 0.5) is 0 Å². The van der Waals surface area contributed by atoms with Crippen LogP contribution in [0.15, 0.2) is 33.5 Å². The van der Waals surface area contributed by atoms with Crippen molar-refractivity contribution in [3.05, 3.63) is 45.3 Å². The van der Waals surface area contributed by atoms with Crippen molar-refractivity contribution in [1.29, 1.82) is 0 Å². The number of hydrogen-bond acceptors (Lipinski definition) is 6. The molecule has 1 atom stereocenters. The van der Waals surface area contributed by atoms with Gasteiger partial charge in [-0.1, -0.05) is 11.6 Å². The highest BCUT2D eigenvalue weighted by molar-refractivity contribution is 7.91. The highest BCUT2D eigenvalue weighted by atomic mass is 35.5. The molecule has 0 saturated carbocycles. The Morgan fingerprint density at radius 3 is 2.56 bits per heavy atom. The minimum Gasteiger partial charge on any atom is -0.451 e. The number of sulfone groups is 1. The first kappa shape index (κ1) is 18.5. The summed E-state index contributed by atoms with van der Waals surface area (Å²) in [4.78, 5) is 28.8. The number of nitrogens with zero attached hydrogens (tertiary/aromatic N) is 2. The Morgan fingerprint density at radius 1 is 1.15 bits per heavy atom. The van der Waals surface area contributed by atoms with Gasteiger partial charge in [0.2, 0.25) is 0 Å². The summed E-state index contributed by atoms with van der Waals surface area (Å²) < 4.78 is 28.9. The molecular weight excluding hydrogens is 392 g/mol. The Hall–Kier alpha value is -1.90. The minimum absolute atomic E-state index is 0.00622. The van der Waals surface area contributed by atoms with E-state index in [1.807, 2.05) is 0 Å². The van der Waals surface area contributed by atoms with Gasteiger partial charge in [0, 0.05) is 43.3 Å². The van der Waals surface area contributed by atoms with E-state index in [2.05, 4.69) is 4.90 Å². The summed E-state index contributed by atoms with van der Waals surface area (Å²) in [6, 6.07) is 5.95. The van der Waals surface area contributed by atoms with Crippen molar-refractivity contribution in [2.24, 2.45) is 0 Å². The molecule has 1 amide bonds. The number of carbonyl (C=O) groups is 1. The Balaban J connectivity index is 1.47. The van der Waals surface area contributed by atoms with E-state index in [1.54, 1.807) is 17.0 Å². The van der Waals surface area contributed by atoms with Gasteiger partial charge in [0.15, 0.2) is 21.0 Å². The van der Waals surface area contributed by atoms with Crippen molar-refractivity contribution in [2.75, 3.05) is 37.7 Å². The third-order valence-electron chi connectivity index (χ3n) is 5.23. The second-order valence-electron chi connectivity index (χ2n) is 7.00. The van der Waals surface area contributed by atoms with Crippen LogP contribution in [0, 0.1) is 0 Å². The minimum atomic E-state index is -2.93. The second kappa shape index (κ2) is 6.92. The molecular formula is C18H19ClN2O5S. The highest BCUT2D eigenvalue weighted by Crippen LogP contribution is 2.21. The van der Waals surface area contributed by atoms with Crippen molar-refractivity contribution in [3.63, 3.8) is 0 Å². The van der Waals surface area contributed by atoms with Gasteiger partial charge >= 0.3 is 0 Å². The summed E-state index contributed by atoms with van der Waals surface area (Å²) >= 11 is 5.90. The van der Waals surface area contributed by atoms with Crippen molar-refractivity contribution < 1.29 is 17.6 Å². The molecule has 0 N–H and O–H groups in total. The summed E-state index contributed by atoms with van der Waals surface area (Å²) in [5.74, 6) is 0.112. The van der Waals surface area contributed by atoms with Gasteiger partial charge < -0.3 is 9.32 Å². The molecule has 2 saturated heterocycles. The van der Waals surface area contributed by atoms with Gasteiger partial charge in [0.25, 0.3) is 5.91 Å². The SMILES string of the molecule is O=C(c1cc(=O)c2cc(Cl)ccc2o1)N1CCN(C2CCS(=O)(=O)C2)CC1. The normalized spacial score (nSPS) is 23.0. The molecule has 4 rings (SSSR count). The van der Waals surface area contributed by atoms with Crippen LogP contribution < -0.4 is 5.43 Å². The standard InChI is InChI=1S/C18H19ClN2O5S/c19-12-1-2-16-14(9-12)15(22)10-17(26-16)18(23)21-6-4-20(5-7-21)13-3-8-27(24,25)11-13/h1-2,9-10,13H,3-8,11H2. The van der Waals surface area contributed by atoms with Crippen LogP contribution >= 0.6 is 11.6 Å². The fourth-order valence-electron chi connectivity index (χ4n) is 3.74. The lowest BCUT2D eigenvalue weighted by atomic mass is 10.1. The van der Waals surface area contributed by atoms with Gasteiger partial charge in [0.1, 0.15) is 5.58 Å². The Kier molecular flexibility index (Phi) is 4.73. The lowest BCUT2D eigenvalue weighted by molar-refractivity contribution is 0.0559. The van der Waals surface area contributed by atoms with Crippen molar-refractivity contribution >= 4 is 38.3 Å². The molecule has 2 aromatic rings. The molecule has 1 unspecified atom stereocenters. The zero-order chi connectivity index (χ0) is 19.2. The van der Waals surface area contributed by atoms with E-state index in [0.29, 0.717) is 48.6 Å². The first-order valence-electron chi connectivity index (χ1n) is 8.79. The monoisotopic (exact) mass is 410 g/mol. The first-order valence-corrected chi connectivity index (χ1v) is 11.0. The summed E-state index contributed by atoms with van der Waals surface area (Å²) in [6.07, 6.45) is 0.651. The topological polar surface area (TPSA) is 87.9 Å². The third-order valence-corrected chi connectivity index (χ3v) is 7.21. The van der Waals surface area contributed by atoms with Crippen LogP contribution in [0.2, 0.25) is 5.02 Å². The van der Waals surface area contributed by atoms with Gasteiger partial charge in [-0.15, -0.1) is 0 Å². The van der Waals surface area contributed by atoms with Gasteiger partial charge in [-0.2, -0.15) is 0 Å². The summed E-state index contributed by atoms with van der Waals surface area (Å²) in [5.41, 5.74) is 0.0157. The number of fused-ring (bicyclic) bond motifs is 1. The molecule has 0 aliphatic carbocycles. The Labute approximate surface area is 161 Å². The largest absolute Gasteiger partial charge is 0.451 e. The average Bonchev–Trinajstić information content (AvgIpc) is 3.01. The third kappa shape index (κ3) is 3.74. The molecule has 144 valence electrons. The first-order chi connectivity index (χ1) is 12.8. The molecule has 27 heavy (non-hydrogen) atoms. The van der Waals surface area contributed by atoms with Gasteiger partial charge in [-0.3, -0.25) is 14.5 Å². The molecule has 9 heteroatoms. The zero-order valence-electron chi connectivity index (χ0n) is 14.6. The van der Waals surface area contributed by atoms with Crippen molar-refractivity contribution in [3.8, 4) is 0 Å². The molecule has 2 fully saturated rings. The van der Waals surface area contributed by atoms with E-state index in [4.69, 9.17) is 16.0 Å². The zero-order valence-corrected chi connectivity index (χ0v) is 16.1. The maximum Gasteiger partial charge on any atom is 0.289 e. The second-order valence-corrected chi connectivity index (χ2v) is 9.67. The average molecular weight is 411 g/mol. The van der Waals surface area contributed by atoms with E-state index in [9.17, 15) is 18.0 Å². The number of hydrogen-bond donors (Lipinski definition) is 0. The van der Waals surface area contributed by atoms with Crippen LogP contribution in [0.25, 0.3) is 11.0 Å². The van der Waals surface area contributed by atoms with Crippen molar-refractivity contribution in [1.82, 2.24) is 9.80 Å². The fourth-order valence-corrected chi connectivity index (χ4v) is 5.68. The van der Waals surface area contributed by atoms with E-state index < -0.39 is 9.84 Å². The van der Waals surface area contributed by atoms with Crippen LogP contribution in [0.3, 0.4) is 0 Å². The summed E-state index contributed by atoms with van der Waals surface area (Å²) in [7, 11) is -2.93. The smallest absolute Gasteiger partial charge is 0.289 e. The van der Waals surface area contributed by atoms with E-state index in [1.165, 1.54) is 12.1 Å². The lowest BCUT2D eigenvalue weighted by Crippen LogP contribution is -2.52. The molecule has 2 aliphatic rings. The summed E-state index contributed by atoms with van der Waals surface area (Å²) in [6.45, 7) is 2.16.